The van der Waals surface area contributed by atoms with Crippen LogP contribution in [0.25, 0.3) is 10.9 Å². The molecule has 1 atom stereocenters. The third-order valence-electron chi connectivity index (χ3n) is 4.11. The third kappa shape index (κ3) is 3.67. The fraction of sp³-hybridized carbons (Fsp3) is 0.500. The summed E-state index contributed by atoms with van der Waals surface area (Å²) >= 11 is 0. The second-order valence-electron chi connectivity index (χ2n) is 7.10. The van der Waals surface area contributed by atoms with Crippen LogP contribution in [0.1, 0.15) is 26.3 Å². The highest BCUT2D eigenvalue weighted by molar-refractivity contribution is 5.83. The molecule has 1 saturated heterocycles. The first-order valence-electron chi connectivity index (χ1n) is 8.19. The maximum Gasteiger partial charge on any atom is 0.410 e. The van der Waals surface area contributed by atoms with Gasteiger partial charge in [0, 0.05) is 36.7 Å². The Bertz CT molecular complexity index is 687. The summed E-state index contributed by atoms with van der Waals surface area (Å²) in [6.45, 7) is 8.00. The SMILES string of the molecule is CC(C)(C)OC(=O)N1CCNCC1Cc1c[nH]c2ccccc12. The normalized spacial score (nSPS) is 19.1. The number of hydrogen-bond acceptors (Lipinski definition) is 3. The number of nitrogens with one attached hydrogen (secondary N) is 2. The number of hydrogen-bond donors (Lipinski definition) is 2. The number of para-hydroxylation sites is 1. The maximum atomic E-state index is 12.5. The van der Waals surface area contributed by atoms with Crippen molar-refractivity contribution in [2.45, 2.75) is 38.8 Å². The van der Waals surface area contributed by atoms with Crippen molar-refractivity contribution < 1.29 is 9.53 Å². The quantitative estimate of drug-likeness (QED) is 0.896. The van der Waals surface area contributed by atoms with E-state index in [1.54, 1.807) is 0 Å². The number of nitrogens with zero attached hydrogens (tertiary/aromatic N) is 1. The number of aromatic amines is 1. The second kappa shape index (κ2) is 6.24. The van der Waals surface area contributed by atoms with Crippen molar-refractivity contribution in [2.24, 2.45) is 0 Å². The number of H-pyrrole nitrogens is 1. The van der Waals surface area contributed by atoms with Crippen LogP contribution >= 0.6 is 0 Å². The van der Waals surface area contributed by atoms with Crippen molar-refractivity contribution in [3.05, 3.63) is 36.0 Å². The van der Waals surface area contributed by atoms with E-state index in [0.717, 1.165) is 25.0 Å². The molecule has 2 aromatic rings. The maximum absolute atomic E-state index is 12.5. The number of piperazine rings is 1. The van der Waals surface area contributed by atoms with Gasteiger partial charge in [-0.05, 0) is 38.8 Å². The van der Waals surface area contributed by atoms with E-state index in [0.29, 0.717) is 6.54 Å². The molecule has 1 fully saturated rings. The van der Waals surface area contributed by atoms with Crippen LogP contribution in [0.3, 0.4) is 0 Å². The molecule has 1 unspecified atom stereocenters. The van der Waals surface area contributed by atoms with Gasteiger partial charge in [-0.15, -0.1) is 0 Å². The number of carbonyl (C=O) groups excluding carboxylic acids is 1. The van der Waals surface area contributed by atoms with Crippen molar-refractivity contribution in [1.29, 1.82) is 0 Å². The second-order valence-corrected chi connectivity index (χ2v) is 7.10. The zero-order chi connectivity index (χ0) is 16.4. The minimum atomic E-state index is -0.465. The Morgan fingerprint density at radius 1 is 1.35 bits per heavy atom. The number of fused-ring (bicyclic) bond motifs is 1. The Hall–Kier alpha value is -2.01. The minimum Gasteiger partial charge on any atom is -0.444 e. The summed E-state index contributed by atoms with van der Waals surface area (Å²) in [7, 11) is 0. The minimum absolute atomic E-state index is 0.109. The molecule has 2 N–H and O–H groups in total. The monoisotopic (exact) mass is 315 g/mol. The zero-order valence-electron chi connectivity index (χ0n) is 14.1. The molecule has 23 heavy (non-hydrogen) atoms. The van der Waals surface area contributed by atoms with Crippen LogP contribution < -0.4 is 5.32 Å². The third-order valence-corrected chi connectivity index (χ3v) is 4.11. The summed E-state index contributed by atoms with van der Waals surface area (Å²) in [4.78, 5) is 17.7. The van der Waals surface area contributed by atoms with Crippen LogP contribution in [-0.2, 0) is 11.2 Å². The lowest BCUT2D eigenvalue weighted by Crippen LogP contribution is -2.55. The van der Waals surface area contributed by atoms with Crippen LogP contribution in [-0.4, -0.2) is 47.3 Å². The van der Waals surface area contributed by atoms with Gasteiger partial charge < -0.3 is 19.9 Å². The first-order chi connectivity index (χ1) is 10.9. The van der Waals surface area contributed by atoms with Gasteiger partial charge >= 0.3 is 6.09 Å². The lowest BCUT2D eigenvalue weighted by molar-refractivity contribution is 0.0122. The number of ether oxygens (including phenoxy) is 1. The number of carbonyl (C=O) groups is 1. The van der Waals surface area contributed by atoms with Gasteiger partial charge in [-0.3, -0.25) is 0 Å². The summed E-state index contributed by atoms with van der Waals surface area (Å²) in [5, 5.41) is 4.61. The molecule has 5 nitrogen and oxygen atoms in total. The highest BCUT2D eigenvalue weighted by Gasteiger charge is 2.30. The summed E-state index contributed by atoms with van der Waals surface area (Å²) < 4.78 is 5.57. The van der Waals surface area contributed by atoms with Gasteiger partial charge in [0.15, 0.2) is 0 Å². The summed E-state index contributed by atoms with van der Waals surface area (Å²) in [5.74, 6) is 0. The van der Waals surface area contributed by atoms with E-state index in [1.807, 2.05) is 44.0 Å². The summed E-state index contributed by atoms with van der Waals surface area (Å²) in [5.41, 5.74) is 1.91. The van der Waals surface area contributed by atoms with Gasteiger partial charge in [0.25, 0.3) is 0 Å². The number of rotatable bonds is 2. The number of amides is 1. The standard InChI is InChI=1S/C18H25N3O2/c1-18(2,3)23-17(22)21-9-8-19-12-14(21)10-13-11-20-16-7-5-4-6-15(13)16/h4-7,11,14,19-20H,8-10,12H2,1-3H3. The van der Waals surface area contributed by atoms with Gasteiger partial charge in [0.1, 0.15) is 5.60 Å². The molecular formula is C18H25N3O2. The molecule has 0 spiro atoms. The smallest absolute Gasteiger partial charge is 0.410 e. The Kier molecular flexibility index (Phi) is 4.31. The van der Waals surface area contributed by atoms with Crippen LogP contribution in [0.4, 0.5) is 4.79 Å². The van der Waals surface area contributed by atoms with Gasteiger partial charge in [-0.25, -0.2) is 4.79 Å². The topological polar surface area (TPSA) is 57.4 Å². The number of benzene rings is 1. The van der Waals surface area contributed by atoms with Crippen molar-refractivity contribution in [2.75, 3.05) is 19.6 Å². The highest BCUT2D eigenvalue weighted by atomic mass is 16.6. The molecule has 0 bridgehead atoms. The predicted octanol–water partition coefficient (Wildman–Crippen LogP) is 2.92. The Labute approximate surface area is 137 Å². The molecule has 1 aliphatic rings. The molecule has 1 amide bonds. The molecule has 0 saturated carbocycles. The Morgan fingerprint density at radius 3 is 2.91 bits per heavy atom. The molecule has 1 aliphatic heterocycles. The van der Waals surface area contributed by atoms with Crippen molar-refractivity contribution in [3.63, 3.8) is 0 Å². The van der Waals surface area contributed by atoms with Crippen molar-refractivity contribution in [1.82, 2.24) is 15.2 Å². The van der Waals surface area contributed by atoms with Crippen LogP contribution in [0, 0.1) is 0 Å². The molecule has 5 heteroatoms. The molecule has 2 heterocycles. The molecule has 124 valence electrons. The van der Waals surface area contributed by atoms with E-state index in [4.69, 9.17) is 4.74 Å². The van der Waals surface area contributed by atoms with Gasteiger partial charge in [-0.2, -0.15) is 0 Å². The molecule has 3 rings (SSSR count). The fourth-order valence-corrected chi connectivity index (χ4v) is 3.06. The lowest BCUT2D eigenvalue weighted by Gasteiger charge is -2.37. The van der Waals surface area contributed by atoms with Crippen LogP contribution in [0.2, 0.25) is 0 Å². The highest BCUT2D eigenvalue weighted by Crippen LogP contribution is 2.22. The molecule has 0 radical (unpaired) electrons. The summed E-state index contributed by atoms with van der Waals surface area (Å²) in [6, 6.07) is 8.37. The van der Waals surface area contributed by atoms with Crippen LogP contribution in [0.15, 0.2) is 30.5 Å². The van der Waals surface area contributed by atoms with E-state index in [2.05, 4.69) is 22.4 Å². The Morgan fingerprint density at radius 2 is 2.13 bits per heavy atom. The molecule has 0 aliphatic carbocycles. The lowest BCUT2D eigenvalue weighted by atomic mass is 10.0. The van der Waals surface area contributed by atoms with E-state index >= 15 is 0 Å². The van der Waals surface area contributed by atoms with Crippen molar-refractivity contribution >= 4 is 17.0 Å². The van der Waals surface area contributed by atoms with E-state index in [1.165, 1.54) is 10.9 Å². The molecule has 1 aromatic heterocycles. The molecular weight excluding hydrogens is 290 g/mol. The largest absolute Gasteiger partial charge is 0.444 e. The average molecular weight is 315 g/mol. The summed E-state index contributed by atoms with van der Waals surface area (Å²) in [6.07, 6.45) is 2.65. The number of aromatic nitrogens is 1. The van der Waals surface area contributed by atoms with E-state index in [9.17, 15) is 4.79 Å². The van der Waals surface area contributed by atoms with E-state index in [-0.39, 0.29) is 12.1 Å². The van der Waals surface area contributed by atoms with Crippen molar-refractivity contribution in [3.8, 4) is 0 Å². The fourth-order valence-electron chi connectivity index (χ4n) is 3.06. The Balaban J connectivity index is 1.78. The van der Waals surface area contributed by atoms with E-state index < -0.39 is 5.60 Å². The first-order valence-corrected chi connectivity index (χ1v) is 8.19. The molecule has 1 aromatic carbocycles. The van der Waals surface area contributed by atoms with Gasteiger partial charge in [-0.1, -0.05) is 18.2 Å². The van der Waals surface area contributed by atoms with Crippen LogP contribution in [0.5, 0.6) is 0 Å². The van der Waals surface area contributed by atoms with Gasteiger partial charge in [0.05, 0.1) is 6.04 Å². The van der Waals surface area contributed by atoms with Gasteiger partial charge in [0.2, 0.25) is 0 Å². The zero-order valence-corrected chi connectivity index (χ0v) is 14.1. The average Bonchev–Trinajstić information content (AvgIpc) is 2.89. The predicted molar refractivity (Wildman–Crippen MR) is 91.6 cm³/mol. The first kappa shape index (κ1) is 15.9.